The molecule has 0 aromatic carbocycles. The van der Waals surface area contributed by atoms with Crippen molar-refractivity contribution in [3.63, 3.8) is 0 Å². The van der Waals surface area contributed by atoms with Crippen LogP contribution in [0, 0.1) is 12.8 Å². The number of carboxylic acids is 1. The molecule has 1 aromatic rings. The van der Waals surface area contributed by atoms with Gasteiger partial charge in [-0.1, -0.05) is 0 Å². The van der Waals surface area contributed by atoms with Gasteiger partial charge in [-0.3, -0.25) is 14.3 Å². The fourth-order valence-corrected chi connectivity index (χ4v) is 2.24. The highest BCUT2D eigenvalue weighted by atomic mass is 16.4. The fraction of sp³-hybridized carbons (Fsp3) is 0.583. The highest BCUT2D eigenvalue weighted by Gasteiger charge is 2.29. The zero-order valence-electron chi connectivity index (χ0n) is 10.6. The minimum atomic E-state index is -0.824. The summed E-state index contributed by atoms with van der Waals surface area (Å²) in [7, 11) is 1.78. The summed E-state index contributed by atoms with van der Waals surface area (Å²) < 4.78 is 1.64. The normalized spacial score (nSPS) is 19.9. The van der Waals surface area contributed by atoms with Gasteiger partial charge in [0.25, 0.3) is 5.91 Å². The Bertz CT molecular complexity index is 481. The molecule has 0 radical (unpaired) electrons. The summed E-state index contributed by atoms with van der Waals surface area (Å²) in [6.07, 6.45) is 2.93. The molecule has 98 valence electrons. The number of amides is 1. The van der Waals surface area contributed by atoms with Gasteiger partial charge in [-0.15, -0.1) is 0 Å². The number of carboxylic acid groups (broad SMARTS) is 1. The summed E-state index contributed by atoms with van der Waals surface area (Å²) in [5.74, 6) is -1.39. The van der Waals surface area contributed by atoms with Crippen molar-refractivity contribution in [2.75, 3.05) is 13.1 Å². The van der Waals surface area contributed by atoms with Crippen molar-refractivity contribution in [1.29, 1.82) is 0 Å². The second-order valence-corrected chi connectivity index (χ2v) is 4.70. The average Bonchev–Trinajstić information content (AvgIpc) is 2.69. The van der Waals surface area contributed by atoms with E-state index in [9.17, 15) is 9.59 Å². The summed E-state index contributed by atoms with van der Waals surface area (Å²) in [6, 6.07) is 0. The molecule has 1 fully saturated rings. The zero-order valence-corrected chi connectivity index (χ0v) is 10.6. The number of aryl methyl sites for hydroxylation is 1. The largest absolute Gasteiger partial charge is 0.481 e. The van der Waals surface area contributed by atoms with E-state index >= 15 is 0 Å². The molecule has 1 amide bonds. The average molecular weight is 251 g/mol. The van der Waals surface area contributed by atoms with Crippen molar-refractivity contribution in [1.82, 2.24) is 14.7 Å². The molecule has 0 aliphatic carbocycles. The van der Waals surface area contributed by atoms with E-state index in [1.807, 2.05) is 6.92 Å². The molecule has 1 saturated heterocycles. The first-order chi connectivity index (χ1) is 8.50. The molecular weight excluding hydrogens is 234 g/mol. The molecule has 1 aliphatic rings. The first-order valence-corrected chi connectivity index (χ1v) is 6.01. The maximum absolute atomic E-state index is 12.3. The number of piperidine rings is 1. The van der Waals surface area contributed by atoms with Crippen molar-refractivity contribution in [3.05, 3.63) is 17.5 Å². The van der Waals surface area contributed by atoms with Crippen LogP contribution in [-0.4, -0.2) is 44.8 Å². The van der Waals surface area contributed by atoms with Gasteiger partial charge in [0.2, 0.25) is 0 Å². The Morgan fingerprint density at radius 1 is 1.50 bits per heavy atom. The summed E-state index contributed by atoms with van der Waals surface area (Å²) in [5.41, 5.74) is 1.36. The molecule has 1 aromatic heterocycles. The maximum Gasteiger partial charge on any atom is 0.308 e. The lowest BCUT2D eigenvalue weighted by Gasteiger charge is -2.30. The minimum absolute atomic E-state index is 0.119. The Morgan fingerprint density at radius 2 is 2.22 bits per heavy atom. The third-order valence-electron chi connectivity index (χ3n) is 3.52. The van der Waals surface area contributed by atoms with Crippen molar-refractivity contribution >= 4 is 11.9 Å². The molecule has 1 atom stereocenters. The van der Waals surface area contributed by atoms with Gasteiger partial charge in [0.05, 0.1) is 17.7 Å². The monoisotopic (exact) mass is 251 g/mol. The number of rotatable bonds is 2. The summed E-state index contributed by atoms with van der Waals surface area (Å²) in [6.45, 7) is 2.75. The number of likely N-dealkylation sites (tertiary alicyclic amines) is 1. The van der Waals surface area contributed by atoms with E-state index in [0.29, 0.717) is 25.1 Å². The highest BCUT2D eigenvalue weighted by molar-refractivity contribution is 5.95. The van der Waals surface area contributed by atoms with Crippen molar-refractivity contribution in [3.8, 4) is 0 Å². The molecule has 18 heavy (non-hydrogen) atoms. The Hall–Kier alpha value is -1.85. The van der Waals surface area contributed by atoms with E-state index in [1.54, 1.807) is 22.8 Å². The Labute approximate surface area is 105 Å². The molecule has 0 saturated carbocycles. The third-order valence-corrected chi connectivity index (χ3v) is 3.52. The topological polar surface area (TPSA) is 75.4 Å². The van der Waals surface area contributed by atoms with Crippen LogP contribution in [-0.2, 0) is 11.8 Å². The second kappa shape index (κ2) is 4.80. The predicted octanol–water partition coefficient (Wildman–Crippen LogP) is 0.665. The molecule has 0 unspecified atom stereocenters. The van der Waals surface area contributed by atoms with Gasteiger partial charge in [-0.2, -0.15) is 5.10 Å². The van der Waals surface area contributed by atoms with Crippen LogP contribution < -0.4 is 0 Å². The van der Waals surface area contributed by atoms with Crippen LogP contribution >= 0.6 is 0 Å². The molecular formula is C12H17N3O3. The van der Waals surface area contributed by atoms with Gasteiger partial charge in [0, 0.05) is 25.8 Å². The van der Waals surface area contributed by atoms with E-state index in [2.05, 4.69) is 5.10 Å². The number of aliphatic carboxylic acids is 1. The molecule has 1 N–H and O–H groups in total. The van der Waals surface area contributed by atoms with E-state index in [4.69, 9.17) is 5.11 Å². The van der Waals surface area contributed by atoms with Gasteiger partial charge >= 0.3 is 5.97 Å². The van der Waals surface area contributed by atoms with Crippen LogP contribution in [0.3, 0.4) is 0 Å². The number of carbonyl (C=O) groups is 2. The first kappa shape index (κ1) is 12.6. The van der Waals surface area contributed by atoms with E-state index in [1.165, 1.54) is 0 Å². The number of aromatic nitrogens is 2. The van der Waals surface area contributed by atoms with Crippen molar-refractivity contribution in [2.24, 2.45) is 13.0 Å². The smallest absolute Gasteiger partial charge is 0.308 e. The van der Waals surface area contributed by atoms with Crippen LogP contribution in [0.15, 0.2) is 6.20 Å². The van der Waals surface area contributed by atoms with Gasteiger partial charge in [0.15, 0.2) is 0 Å². The molecule has 1 aliphatic heterocycles. The number of carbonyl (C=O) groups excluding carboxylic acids is 1. The van der Waals surface area contributed by atoms with Crippen LogP contribution in [0.4, 0.5) is 0 Å². The van der Waals surface area contributed by atoms with Crippen LogP contribution in [0.25, 0.3) is 0 Å². The standard InChI is InChI=1S/C12H17N3O3/c1-8-10(6-13-14(8)2)11(16)15-5-3-4-9(7-15)12(17)18/h6,9H,3-5,7H2,1-2H3,(H,17,18)/t9-/m0/s1. The molecule has 0 bridgehead atoms. The zero-order chi connectivity index (χ0) is 13.3. The summed E-state index contributed by atoms with van der Waals surface area (Å²) in [4.78, 5) is 24.9. The number of hydrogen-bond donors (Lipinski definition) is 1. The predicted molar refractivity (Wildman–Crippen MR) is 64.2 cm³/mol. The highest BCUT2D eigenvalue weighted by Crippen LogP contribution is 2.19. The Kier molecular flexibility index (Phi) is 3.36. The number of nitrogens with zero attached hydrogens (tertiary/aromatic N) is 3. The minimum Gasteiger partial charge on any atom is -0.481 e. The lowest BCUT2D eigenvalue weighted by atomic mass is 9.98. The lowest BCUT2D eigenvalue weighted by molar-refractivity contribution is -0.143. The summed E-state index contributed by atoms with van der Waals surface area (Å²) >= 11 is 0. The molecule has 6 heteroatoms. The molecule has 6 nitrogen and oxygen atoms in total. The van der Waals surface area contributed by atoms with Gasteiger partial charge in [-0.25, -0.2) is 0 Å². The van der Waals surface area contributed by atoms with E-state index in [-0.39, 0.29) is 5.91 Å². The van der Waals surface area contributed by atoms with Crippen LogP contribution in [0.1, 0.15) is 28.9 Å². The lowest BCUT2D eigenvalue weighted by Crippen LogP contribution is -2.42. The first-order valence-electron chi connectivity index (χ1n) is 6.01. The van der Waals surface area contributed by atoms with E-state index in [0.717, 1.165) is 12.1 Å². The van der Waals surface area contributed by atoms with E-state index < -0.39 is 11.9 Å². The summed E-state index contributed by atoms with van der Waals surface area (Å²) in [5, 5.41) is 13.1. The molecule has 2 rings (SSSR count). The Balaban J connectivity index is 2.14. The van der Waals surface area contributed by atoms with Gasteiger partial charge in [0.1, 0.15) is 0 Å². The molecule has 0 spiro atoms. The third kappa shape index (κ3) is 2.23. The number of hydrogen-bond acceptors (Lipinski definition) is 3. The van der Waals surface area contributed by atoms with Crippen molar-refractivity contribution in [2.45, 2.75) is 19.8 Å². The van der Waals surface area contributed by atoms with Crippen molar-refractivity contribution < 1.29 is 14.7 Å². The SMILES string of the molecule is Cc1c(C(=O)N2CCC[C@H](C(=O)O)C2)cnn1C. The van der Waals surface area contributed by atoms with Gasteiger partial charge in [-0.05, 0) is 19.8 Å². The molecule has 2 heterocycles. The second-order valence-electron chi connectivity index (χ2n) is 4.70. The maximum atomic E-state index is 12.3. The fourth-order valence-electron chi connectivity index (χ4n) is 2.24. The van der Waals surface area contributed by atoms with Crippen LogP contribution in [0.2, 0.25) is 0 Å². The quantitative estimate of drug-likeness (QED) is 0.838. The van der Waals surface area contributed by atoms with Gasteiger partial charge < -0.3 is 10.0 Å². The van der Waals surface area contributed by atoms with Crippen LogP contribution in [0.5, 0.6) is 0 Å². The Morgan fingerprint density at radius 3 is 2.78 bits per heavy atom.